The largest absolute Gasteiger partial charge is 0.0613 e. The van der Waals surface area contributed by atoms with Gasteiger partial charge >= 0.3 is 0 Å². The van der Waals surface area contributed by atoms with Crippen molar-refractivity contribution in [3.8, 4) is 0 Å². The molecule has 2 aromatic rings. The second-order valence-corrected chi connectivity index (χ2v) is 3.98. The van der Waals surface area contributed by atoms with Crippen molar-refractivity contribution in [2.75, 3.05) is 0 Å². The molecule has 0 amide bonds. The molecule has 0 N–H and O–H groups in total. The minimum atomic E-state index is 1.12. The monoisotopic (exact) mass is 184 g/mol. The summed E-state index contributed by atoms with van der Waals surface area (Å²) in [5, 5.41) is 2.72. The van der Waals surface area contributed by atoms with E-state index in [1.54, 1.807) is 0 Å². The molecule has 0 aromatic heterocycles. The van der Waals surface area contributed by atoms with Crippen LogP contribution in [-0.2, 0) is 6.42 Å². The molecule has 0 heteroatoms. The first-order valence-corrected chi connectivity index (χ1v) is 5.20. The number of hydrogen-bond donors (Lipinski definition) is 0. The molecule has 0 saturated heterocycles. The van der Waals surface area contributed by atoms with Gasteiger partial charge in [0.05, 0.1) is 0 Å². The molecule has 0 unspecified atom stereocenters. The van der Waals surface area contributed by atoms with Crippen molar-refractivity contribution in [1.82, 2.24) is 0 Å². The lowest BCUT2D eigenvalue weighted by Gasteiger charge is -2.06. The van der Waals surface area contributed by atoms with Crippen molar-refractivity contribution >= 4 is 10.8 Å². The van der Waals surface area contributed by atoms with Crippen LogP contribution in [0.5, 0.6) is 0 Å². The molecule has 2 rings (SSSR count). The van der Waals surface area contributed by atoms with Crippen molar-refractivity contribution in [3.63, 3.8) is 0 Å². The number of hydrogen-bond acceptors (Lipinski definition) is 0. The molecule has 0 nitrogen and oxygen atoms in total. The van der Waals surface area contributed by atoms with Gasteiger partial charge < -0.3 is 0 Å². The molecule has 0 aliphatic carbocycles. The summed E-state index contributed by atoms with van der Waals surface area (Å²) in [6, 6.07) is 11.2. The lowest BCUT2D eigenvalue weighted by Crippen LogP contribution is -1.87. The fourth-order valence-electron chi connectivity index (χ4n) is 1.96. The molecule has 72 valence electrons. The van der Waals surface area contributed by atoms with Gasteiger partial charge in [-0.1, -0.05) is 42.8 Å². The topological polar surface area (TPSA) is 0 Å². The molecule has 0 fully saturated rings. The Bertz CT molecular complexity index is 467. The molecular weight excluding hydrogens is 168 g/mol. The zero-order valence-corrected chi connectivity index (χ0v) is 9.09. The SMILES string of the molecule is CCc1cc2ccc(C)cc2cc1C. The second-order valence-electron chi connectivity index (χ2n) is 3.98. The predicted molar refractivity (Wildman–Crippen MR) is 62.8 cm³/mol. The molecule has 0 radical (unpaired) electrons. The van der Waals surface area contributed by atoms with E-state index in [9.17, 15) is 0 Å². The van der Waals surface area contributed by atoms with Gasteiger partial charge in [-0.2, -0.15) is 0 Å². The molecule has 0 aliphatic heterocycles. The highest BCUT2D eigenvalue weighted by molar-refractivity contribution is 5.84. The fourth-order valence-corrected chi connectivity index (χ4v) is 1.96. The van der Waals surface area contributed by atoms with Gasteiger partial charge in [0, 0.05) is 0 Å². The third kappa shape index (κ3) is 1.52. The third-order valence-electron chi connectivity index (χ3n) is 2.83. The summed E-state index contributed by atoms with van der Waals surface area (Å²) in [4.78, 5) is 0. The van der Waals surface area contributed by atoms with E-state index in [2.05, 4.69) is 51.1 Å². The van der Waals surface area contributed by atoms with Gasteiger partial charge in [-0.3, -0.25) is 0 Å². The maximum atomic E-state index is 2.31. The van der Waals surface area contributed by atoms with Crippen LogP contribution in [0.25, 0.3) is 10.8 Å². The lowest BCUT2D eigenvalue weighted by molar-refractivity contribution is 1.12. The van der Waals surface area contributed by atoms with Crippen molar-refractivity contribution in [2.24, 2.45) is 0 Å². The lowest BCUT2D eigenvalue weighted by atomic mass is 9.99. The van der Waals surface area contributed by atoms with Crippen LogP contribution in [0.15, 0.2) is 30.3 Å². The molecule has 0 atom stereocenters. The zero-order chi connectivity index (χ0) is 10.1. The Morgan fingerprint density at radius 3 is 2.43 bits per heavy atom. The van der Waals surface area contributed by atoms with Crippen molar-refractivity contribution in [3.05, 3.63) is 47.0 Å². The van der Waals surface area contributed by atoms with E-state index >= 15 is 0 Å². The summed E-state index contributed by atoms with van der Waals surface area (Å²) in [6.45, 7) is 6.55. The van der Waals surface area contributed by atoms with E-state index in [-0.39, 0.29) is 0 Å². The highest BCUT2D eigenvalue weighted by Crippen LogP contribution is 2.21. The van der Waals surface area contributed by atoms with Crippen LogP contribution < -0.4 is 0 Å². The summed E-state index contributed by atoms with van der Waals surface area (Å²) in [5.41, 5.74) is 4.20. The Morgan fingerprint density at radius 1 is 0.929 bits per heavy atom. The number of aryl methyl sites for hydroxylation is 3. The summed E-state index contributed by atoms with van der Waals surface area (Å²) in [5.74, 6) is 0. The van der Waals surface area contributed by atoms with Gasteiger partial charge in [0.15, 0.2) is 0 Å². The molecule has 14 heavy (non-hydrogen) atoms. The molecule has 0 saturated carbocycles. The van der Waals surface area contributed by atoms with Crippen LogP contribution >= 0.6 is 0 Å². The fraction of sp³-hybridized carbons (Fsp3) is 0.286. The highest BCUT2D eigenvalue weighted by atomic mass is 14.0. The van der Waals surface area contributed by atoms with Crippen molar-refractivity contribution < 1.29 is 0 Å². The van der Waals surface area contributed by atoms with E-state index in [1.165, 1.54) is 27.5 Å². The minimum absolute atomic E-state index is 1.12. The number of fused-ring (bicyclic) bond motifs is 1. The van der Waals surface area contributed by atoms with Crippen molar-refractivity contribution in [1.29, 1.82) is 0 Å². The van der Waals surface area contributed by atoms with E-state index in [4.69, 9.17) is 0 Å². The van der Waals surface area contributed by atoms with Crippen LogP contribution in [0.2, 0.25) is 0 Å². The molecule has 0 aliphatic rings. The number of rotatable bonds is 1. The minimum Gasteiger partial charge on any atom is -0.0613 e. The van der Waals surface area contributed by atoms with Gasteiger partial charge in [-0.15, -0.1) is 0 Å². The molecular formula is C14H16. The van der Waals surface area contributed by atoms with E-state index in [0.29, 0.717) is 0 Å². The van der Waals surface area contributed by atoms with Gasteiger partial charge in [0.1, 0.15) is 0 Å². The Kier molecular flexibility index (Phi) is 2.28. The first-order valence-electron chi connectivity index (χ1n) is 5.20. The first kappa shape index (κ1) is 9.26. The van der Waals surface area contributed by atoms with E-state index < -0.39 is 0 Å². The summed E-state index contributed by atoms with van der Waals surface area (Å²) in [7, 11) is 0. The van der Waals surface area contributed by atoms with Gasteiger partial charge in [-0.25, -0.2) is 0 Å². The van der Waals surface area contributed by atoms with Crippen LogP contribution in [-0.4, -0.2) is 0 Å². The average molecular weight is 184 g/mol. The average Bonchev–Trinajstić information content (AvgIpc) is 2.16. The Labute approximate surface area is 85.6 Å². The molecule has 0 bridgehead atoms. The molecule has 0 spiro atoms. The van der Waals surface area contributed by atoms with Crippen LogP contribution in [0.4, 0.5) is 0 Å². The second kappa shape index (κ2) is 3.45. The maximum Gasteiger partial charge on any atom is -0.0179 e. The van der Waals surface area contributed by atoms with Crippen LogP contribution in [0.1, 0.15) is 23.6 Å². The van der Waals surface area contributed by atoms with Crippen LogP contribution in [0, 0.1) is 13.8 Å². The summed E-state index contributed by atoms with van der Waals surface area (Å²) in [6.07, 6.45) is 1.12. The van der Waals surface area contributed by atoms with E-state index in [1.807, 2.05) is 0 Å². The van der Waals surface area contributed by atoms with Crippen molar-refractivity contribution in [2.45, 2.75) is 27.2 Å². The highest BCUT2D eigenvalue weighted by Gasteiger charge is 1.99. The number of benzene rings is 2. The standard InChI is InChI=1S/C14H16/c1-4-12-9-13-6-5-10(2)7-14(13)8-11(12)3/h5-9H,4H2,1-3H3. The van der Waals surface area contributed by atoms with Gasteiger partial charge in [-0.05, 0) is 42.2 Å². The maximum absolute atomic E-state index is 2.31. The predicted octanol–water partition coefficient (Wildman–Crippen LogP) is 4.02. The smallest absolute Gasteiger partial charge is 0.0179 e. The Balaban J connectivity index is 2.73. The summed E-state index contributed by atoms with van der Waals surface area (Å²) >= 11 is 0. The quantitative estimate of drug-likeness (QED) is 0.628. The normalized spacial score (nSPS) is 10.8. The summed E-state index contributed by atoms with van der Waals surface area (Å²) < 4.78 is 0. The van der Waals surface area contributed by atoms with E-state index in [0.717, 1.165) is 6.42 Å². The molecule has 2 aromatic carbocycles. The third-order valence-corrected chi connectivity index (χ3v) is 2.83. The van der Waals surface area contributed by atoms with Gasteiger partial charge in [0.25, 0.3) is 0 Å². The zero-order valence-electron chi connectivity index (χ0n) is 9.09. The first-order chi connectivity index (χ1) is 6.70. The Hall–Kier alpha value is -1.30. The Morgan fingerprint density at radius 2 is 1.71 bits per heavy atom. The van der Waals surface area contributed by atoms with Crippen LogP contribution in [0.3, 0.4) is 0 Å². The van der Waals surface area contributed by atoms with Gasteiger partial charge in [0.2, 0.25) is 0 Å². The molecule has 0 heterocycles.